The highest BCUT2D eigenvalue weighted by atomic mass is 16.5. The fraction of sp³-hybridized carbons (Fsp3) is 0.455. The molecule has 0 aliphatic heterocycles. The van der Waals surface area contributed by atoms with E-state index in [1.54, 1.807) is 6.92 Å². The maximum absolute atomic E-state index is 11.4. The fourth-order valence-electron chi connectivity index (χ4n) is 1.41. The van der Waals surface area contributed by atoms with Gasteiger partial charge in [-0.1, -0.05) is 6.08 Å². The molecule has 2 atom stereocenters. The van der Waals surface area contributed by atoms with Crippen molar-refractivity contribution in [2.24, 2.45) is 0 Å². The number of aliphatic hydroxyl groups is 3. The zero-order chi connectivity index (χ0) is 13.0. The number of carbonyl (C=O) groups is 2. The minimum atomic E-state index is -1.51. The third-order valence-electron chi connectivity index (χ3n) is 2.35. The molecule has 0 amide bonds. The lowest BCUT2D eigenvalue weighted by molar-refractivity contribution is -0.137. The van der Waals surface area contributed by atoms with Crippen LogP contribution in [-0.2, 0) is 14.3 Å². The molecule has 0 aromatic carbocycles. The van der Waals surface area contributed by atoms with E-state index in [1.807, 2.05) is 0 Å². The molecule has 1 rings (SSSR count). The molecule has 6 nitrogen and oxygen atoms in total. The molecule has 0 radical (unpaired) electrons. The molecule has 0 heterocycles. The number of rotatable bonds is 3. The highest BCUT2D eigenvalue weighted by molar-refractivity contribution is 5.98. The lowest BCUT2D eigenvalue weighted by Gasteiger charge is -2.24. The van der Waals surface area contributed by atoms with Gasteiger partial charge in [-0.2, -0.15) is 0 Å². The molecule has 1 aliphatic carbocycles. The van der Waals surface area contributed by atoms with Gasteiger partial charge in [-0.15, -0.1) is 0 Å². The third-order valence-corrected chi connectivity index (χ3v) is 2.35. The summed E-state index contributed by atoms with van der Waals surface area (Å²) in [5, 5.41) is 28.0. The van der Waals surface area contributed by atoms with Gasteiger partial charge in [-0.3, -0.25) is 4.79 Å². The van der Waals surface area contributed by atoms with E-state index in [2.05, 4.69) is 4.74 Å². The van der Waals surface area contributed by atoms with Crippen LogP contribution in [0.3, 0.4) is 0 Å². The first kappa shape index (κ1) is 13.4. The van der Waals surface area contributed by atoms with E-state index in [1.165, 1.54) is 6.08 Å². The van der Waals surface area contributed by atoms with Gasteiger partial charge in [0, 0.05) is 12.5 Å². The first-order valence-electron chi connectivity index (χ1n) is 5.08. The topological polar surface area (TPSA) is 104 Å². The van der Waals surface area contributed by atoms with Crippen LogP contribution in [0.25, 0.3) is 0 Å². The van der Waals surface area contributed by atoms with Crippen LogP contribution in [-0.4, -0.2) is 45.9 Å². The largest absolute Gasteiger partial charge is 0.509 e. The van der Waals surface area contributed by atoms with Crippen LogP contribution in [0.4, 0.5) is 0 Å². The van der Waals surface area contributed by atoms with Crippen molar-refractivity contribution in [3.63, 3.8) is 0 Å². The van der Waals surface area contributed by atoms with Crippen LogP contribution in [0.15, 0.2) is 23.5 Å². The molecular weight excluding hydrogens is 228 g/mol. The smallest absolute Gasteiger partial charge is 0.330 e. The van der Waals surface area contributed by atoms with E-state index in [4.69, 9.17) is 0 Å². The number of allylic oxidation sites excluding steroid dienone is 1. The average Bonchev–Trinajstić information content (AvgIpc) is 2.26. The van der Waals surface area contributed by atoms with Crippen LogP contribution in [0.2, 0.25) is 0 Å². The average molecular weight is 242 g/mol. The molecule has 0 aromatic heterocycles. The summed E-state index contributed by atoms with van der Waals surface area (Å²) < 4.78 is 4.69. The standard InChI is InChI=1S/C11H14O6/c1-2-3-9(14)17-5-6-7(12)4-8(13)11(16)10(6)15/h2-3,8,11,13,15-16H,4-5H2,1H3/b3-2+/t8-,11-/m1/s1. The van der Waals surface area contributed by atoms with E-state index >= 15 is 0 Å². The van der Waals surface area contributed by atoms with E-state index in [0.717, 1.165) is 6.08 Å². The minimum Gasteiger partial charge on any atom is -0.509 e. The molecule has 6 heteroatoms. The van der Waals surface area contributed by atoms with Gasteiger partial charge >= 0.3 is 5.97 Å². The molecule has 1 aliphatic rings. The zero-order valence-corrected chi connectivity index (χ0v) is 9.29. The summed E-state index contributed by atoms with van der Waals surface area (Å²) >= 11 is 0. The van der Waals surface area contributed by atoms with Crippen LogP contribution >= 0.6 is 0 Å². The van der Waals surface area contributed by atoms with Gasteiger partial charge in [0.1, 0.15) is 18.5 Å². The number of ether oxygens (including phenoxy) is 1. The first-order chi connectivity index (χ1) is 7.97. The number of ketones is 1. The number of hydrogen-bond donors (Lipinski definition) is 3. The number of esters is 1. The van der Waals surface area contributed by atoms with Crippen molar-refractivity contribution in [1.29, 1.82) is 0 Å². The SMILES string of the molecule is C/C=C/C(=O)OCC1=C(O)[C@H](O)[C@H](O)CC1=O. The molecule has 0 fully saturated rings. The van der Waals surface area contributed by atoms with Gasteiger partial charge in [0.2, 0.25) is 0 Å². The molecule has 0 saturated heterocycles. The van der Waals surface area contributed by atoms with E-state index in [-0.39, 0.29) is 12.0 Å². The highest BCUT2D eigenvalue weighted by Gasteiger charge is 2.34. The molecular formula is C11H14O6. The maximum Gasteiger partial charge on any atom is 0.330 e. The molecule has 0 unspecified atom stereocenters. The van der Waals surface area contributed by atoms with Crippen molar-refractivity contribution >= 4 is 11.8 Å². The van der Waals surface area contributed by atoms with Crippen molar-refractivity contribution < 1.29 is 29.6 Å². The van der Waals surface area contributed by atoms with Crippen LogP contribution < -0.4 is 0 Å². The number of Topliss-reactive ketones (excluding diaryl/α,β-unsaturated/α-hetero) is 1. The molecule has 17 heavy (non-hydrogen) atoms. The van der Waals surface area contributed by atoms with E-state index in [9.17, 15) is 24.9 Å². The molecule has 0 aromatic rings. The highest BCUT2D eigenvalue weighted by Crippen LogP contribution is 2.21. The fourth-order valence-corrected chi connectivity index (χ4v) is 1.41. The zero-order valence-electron chi connectivity index (χ0n) is 9.29. The predicted octanol–water partition coefficient (Wildman–Crippen LogP) is -0.388. The van der Waals surface area contributed by atoms with Gasteiger partial charge in [0.25, 0.3) is 0 Å². The lowest BCUT2D eigenvalue weighted by Crippen LogP contribution is -2.37. The van der Waals surface area contributed by atoms with Gasteiger partial charge in [0.15, 0.2) is 5.78 Å². The summed E-state index contributed by atoms with van der Waals surface area (Å²) in [4.78, 5) is 22.4. The van der Waals surface area contributed by atoms with Gasteiger partial charge in [-0.05, 0) is 6.92 Å². The van der Waals surface area contributed by atoms with Crippen LogP contribution in [0.5, 0.6) is 0 Å². The quantitative estimate of drug-likeness (QED) is 0.460. The Kier molecular flexibility index (Phi) is 4.42. The molecule has 0 spiro atoms. The Hall–Kier alpha value is -1.66. The summed E-state index contributed by atoms with van der Waals surface area (Å²) in [7, 11) is 0. The van der Waals surface area contributed by atoms with Crippen LogP contribution in [0, 0.1) is 0 Å². The Morgan fingerprint density at radius 3 is 2.76 bits per heavy atom. The summed E-state index contributed by atoms with van der Waals surface area (Å²) in [6.07, 6.45) is -0.504. The number of aliphatic hydroxyl groups excluding tert-OH is 3. The molecule has 0 bridgehead atoms. The van der Waals surface area contributed by atoms with E-state index in [0.29, 0.717) is 0 Å². The van der Waals surface area contributed by atoms with Gasteiger partial charge < -0.3 is 20.1 Å². The summed E-state index contributed by atoms with van der Waals surface area (Å²) in [6, 6.07) is 0. The predicted molar refractivity (Wildman–Crippen MR) is 57.1 cm³/mol. The maximum atomic E-state index is 11.4. The first-order valence-corrected chi connectivity index (χ1v) is 5.08. The second-order valence-electron chi connectivity index (χ2n) is 3.61. The second-order valence-corrected chi connectivity index (χ2v) is 3.61. The van der Waals surface area contributed by atoms with Crippen LogP contribution in [0.1, 0.15) is 13.3 Å². The second kappa shape index (κ2) is 5.60. The van der Waals surface area contributed by atoms with Crippen molar-refractivity contribution in [2.75, 3.05) is 6.61 Å². The van der Waals surface area contributed by atoms with Crippen molar-refractivity contribution in [1.82, 2.24) is 0 Å². The monoisotopic (exact) mass is 242 g/mol. The van der Waals surface area contributed by atoms with E-state index < -0.39 is 36.3 Å². The lowest BCUT2D eigenvalue weighted by atomic mass is 9.92. The number of carbonyl (C=O) groups excluding carboxylic acids is 2. The number of hydrogen-bond acceptors (Lipinski definition) is 6. The van der Waals surface area contributed by atoms with Crippen molar-refractivity contribution in [3.8, 4) is 0 Å². The summed E-state index contributed by atoms with van der Waals surface area (Å²) in [5.74, 6) is -1.84. The van der Waals surface area contributed by atoms with Crippen molar-refractivity contribution in [2.45, 2.75) is 25.6 Å². The Labute approximate surface area is 97.8 Å². The van der Waals surface area contributed by atoms with Crippen molar-refractivity contribution in [3.05, 3.63) is 23.5 Å². The summed E-state index contributed by atoms with van der Waals surface area (Å²) in [6.45, 7) is 1.21. The van der Waals surface area contributed by atoms with Gasteiger partial charge in [-0.25, -0.2) is 4.79 Å². The Morgan fingerprint density at radius 1 is 1.53 bits per heavy atom. The normalized spacial score (nSPS) is 25.5. The Morgan fingerprint density at radius 2 is 2.18 bits per heavy atom. The Bertz CT molecular complexity index is 381. The third kappa shape index (κ3) is 3.15. The van der Waals surface area contributed by atoms with Gasteiger partial charge in [0.05, 0.1) is 11.7 Å². The molecule has 3 N–H and O–H groups in total. The molecule has 0 saturated carbocycles. The molecule has 94 valence electrons. The Balaban J connectivity index is 2.74. The minimum absolute atomic E-state index is 0.180. The summed E-state index contributed by atoms with van der Waals surface area (Å²) in [5.41, 5.74) is -0.180.